The Labute approximate surface area is 131 Å². The van der Waals surface area contributed by atoms with E-state index in [1.54, 1.807) is 0 Å². The van der Waals surface area contributed by atoms with Crippen LogP contribution in [-0.4, -0.2) is 12.3 Å². The highest BCUT2D eigenvalue weighted by Crippen LogP contribution is 2.48. The first-order valence-electron chi connectivity index (χ1n) is 6.42. The molecule has 0 aromatic heterocycles. The highest BCUT2D eigenvalue weighted by molar-refractivity contribution is 7.28. The maximum absolute atomic E-state index is 13.7. The zero-order chi connectivity index (χ0) is 16.1. The second-order valence-electron chi connectivity index (χ2n) is 5.15. The summed E-state index contributed by atoms with van der Waals surface area (Å²) in [5, 5.41) is 2.71. The van der Waals surface area contributed by atoms with Crippen LogP contribution in [0.2, 0.25) is 5.02 Å². The van der Waals surface area contributed by atoms with E-state index in [1.165, 1.54) is 6.07 Å². The summed E-state index contributed by atoms with van der Waals surface area (Å²) >= 11 is 5.87. The van der Waals surface area contributed by atoms with Gasteiger partial charge in [-0.3, -0.25) is 5.32 Å². The number of ether oxygens (including phenoxy) is 1. The van der Waals surface area contributed by atoms with Gasteiger partial charge in [0.15, 0.2) is 0 Å². The molecule has 1 heterocycles. The number of anilines is 1. The van der Waals surface area contributed by atoms with Crippen LogP contribution in [0.1, 0.15) is 18.4 Å². The average molecular weight is 348 g/mol. The normalized spacial score (nSPS) is 23.8. The predicted molar refractivity (Wildman–Crippen MR) is 79.1 cm³/mol. The van der Waals surface area contributed by atoms with Gasteiger partial charge >= 0.3 is 12.3 Å². The maximum atomic E-state index is 13.7. The first-order chi connectivity index (χ1) is 10.2. The SMILES string of the molecule is O=C1Nc2c(P)cc(Cl)cc2C(C#CC2CC2)(C(F)(F)F)O1. The number of rotatable bonds is 0. The fraction of sp³-hybridized carbons (Fsp3) is 0.357. The van der Waals surface area contributed by atoms with Gasteiger partial charge in [0.1, 0.15) is 0 Å². The van der Waals surface area contributed by atoms with Crippen LogP contribution in [0.25, 0.3) is 0 Å². The van der Waals surface area contributed by atoms with Crippen LogP contribution in [0.15, 0.2) is 12.1 Å². The van der Waals surface area contributed by atoms with Gasteiger partial charge in [-0.1, -0.05) is 17.5 Å². The number of carbonyl (C=O) groups is 1. The van der Waals surface area contributed by atoms with E-state index < -0.39 is 17.9 Å². The molecule has 116 valence electrons. The van der Waals surface area contributed by atoms with E-state index >= 15 is 0 Å². The number of nitrogens with one attached hydrogen (secondary N) is 1. The van der Waals surface area contributed by atoms with Crippen LogP contribution >= 0.6 is 20.8 Å². The molecule has 1 N–H and O–H groups in total. The van der Waals surface area contributed by atoms with Crippen molar-refractivity contribution in [3.63, 3.8) is 0 Å². The number of halogens is 4. The summed E-state index contributed by atoms with van der Waals surface area (Å²) in [5.74, 6) is 4.62. The minimum Gasteiger partial charge on any atom is -0.415 e. The van der Waals surface area contributed by atoms with Crippen LogP contribution in [0.4, 0.5) is 23.7 Å². The molecular formula is C14H10ClF3NO2P. The van der Waals surface area contributed by atoms with Crippen molar-refractivity contribution >= 4 is 37.9 Å². The fourth-order valence-electron chi connectivity index (χ4n) is 2.17. The molecule has 3 rings (SSSR count). The van der Waals surface area contributed by atoms with Gasteiger partial charge in [-0.2, -0.15) is 13.2 Å². The quantitative estimate of drug-likeness (QED) is 0.575. The molecule has 22 heavy (non-hydrogen) atoms. The van der Waals surface area contributed by atoms with Gasteiger partial charge in [-0.15, -0.1) is 9.24 Å². The topological polar surface area (TPSA) is 38.3 Å². The third-order valence-electron chi connectivity index (χ3n) is 3.41. The van der Waals surface area contributed by atoms with Crippen molar-refractivity contribution in [2.75, 3.05) is 5.32 Å². The first-order valence-corrected chi connectivity index (χ1v) is 7.37. The van der Waals surface area contributed by atoms with Crippen molar-refractivity contribution in [1.82, 2.24) is 0 Å². The molecule has 0 saturated heterocycles. The minimum absolute atomic E-state index is 0.00747. The van der Waals surface area contributed by atoms with E-state index in [0.717, 1.165) is 18.9 Å². The van der Waals surface area contributed by atoms with Crippen molar-refractivity contribution in [2.45, 2.75) is 24.6 Å². The molecule has 1 saturated carbocycles. The monoisotopic (exact) mass is 347 g/mol. The molecule has 1 aromatic rings. The lowest BCUT2D eigenvalue weighted by Crippen LogP contribution is -2.50. The molecule has 0 radical (unpaired) electrons. The minimum atomic E-state index is -4.89. The van der Waals surface area contributed by atoms with Crippen molar-refractivity contribution in [2.24, 2.45) is 5.92 Å². The molecule has 1 aliphatic heterocycles. The summed E-state index contributed by atoms with van der Waals surface area (Å²) in [6.07, 6.45) is -4.57. The van der Waals surface area contributed by atoms with Crippen molar-refractivity contribution in [3.05, 3.63) is 22.7 Å². The Hall–Kier alpha value is -1.44. The van der Waals surface area contributed by atoms with Crippen LogP contribution in [-0.2, 0) is 10.3 Å². The molecule has 1 amide bonds. The number of hydrogen-bond acceptors (Lipinski definition) is 2. The number of fused-ring (bicyclic) bond motifs is 1. The number of alkyl halides is 3. The summed E-state index contributed by atoms with van der Waals surface area (Å²) in [6, 6.07) is 2.56. The highest BCUT2D eigenvalue weighted by Gasteiger charge is 2.62. The maximum Gasteiger partial charge on any atom is 0.445 e. The Bertz CT molecular complexity index is 721. The lowest BCUT2D eigenvalue weighted by Gasteiger charge is -2.36. The molecule has 1 fully saturated rings. The van der Waals surface area contributed by atoms with E-state index in [4.69, 9.17) is 11.6 Å². The summed E-state index contributed by atoms with van der Waals surface area (Å²) in [4.78, 5) is 11.6. The summed E-state index contributed by atoms with van der Waals surface area (Å²) in [6.45, 7) is 0. The Morgan fingerprint density at radius 3 is 2.68 bits per heavy atom. The Balaban J connectivity index is 2.27. The molecule has 3 nitrogen and oxygen atoms in total. The third kappa shape index (κ3) is 2.53. The molecule has 1 aliphatic carbocycles. The first kappa shape index (κ1) is 15.5. The van der Waals surface area contributed by atoms with Crippen molar-refractivity contribution in [1.29, 1.82) is 0 Å². The van der Waals surface area contributed by atoms with E-state index in [1.807, 2.05) is 0 Å². The van der Waals surface area contributed by atoms with E-state index in [9.17, 15) is 18.0 Å². The van der Waals surface area contributed by atoms with Crippen LogP contribution in [0.3, 0.4) is 0 Å². The van der Waals surface area contributed by atoms with E-state index in [2.05, 4.69) is 31.1 Å². The molecular weight excluding hydrogens is 338 g/mol. The van der Waals surface area contributed by atoms with Gasteiger partial charge in [0, 0.05) is 16.5 Å². The Morgan fingerprint density at radius 2 is 2.09 bits per heavy atom. The summed E-state index contributed by atoms with van der Waals surface area (Å²) in [5.41, 5.74) is -3.29. The van der Waals surface area contributed by atoms with Gasteiger partial charge in [-0.05, 0) is 36.2 Å². The van der Waals surface area contributed by atoms with Crippen molar-refractivity contribution in [3.8, 4) is 11.8 Å². The largest absolute Gasteiger partial charge is 0.445 e. The second-order valence-corrected chi connectivity index (χ2v) is 6.21. The zero-order valence-electron chi connectivity index (χ0n) is 11.1. The molecule has 2 atom stereocenters. The summed E-state index contributed by atoms with van der Waals surface area (Å²) < 4.78 is 45.8. The lowest BCUT2D eigenvalue weighted by atomic mass is 9.90. The standard InChI is InChI=1S/C14H10ClF3NO2P/c15-8-5-9-11(10(22)6-8)19-12(20)21-13(9,14(16,17)18)4-3-7-1-2-7/h5-7H,1-2,22H2,(H,19,20). The van der Waals surface area contributed by atoms with Crippen LogP contribution < -0.4 is 10.6 Å². The van der Waals surface area contributed by atoms with E-state index in [-0.39, 0.29) is 22.2 Å². The number of carbonyl (C=O) groups excluding carboxylic acids is 1. The third-order valence-corrected chi connectivity index (χ3v) is 4.09. The van der Waals surface area contributed by atoms with Gasteiger partial charge in [0.2, 0.25) is 0 Å². The number of amides is 1. The average Bonchev–Trinajstić information content (AvgIpc) is 3.20. The molecule has 2 unspecified atom stereocenters. The number of cyclic esters (lactones) is 1. The Kier molecular flexibility index (Phi) is 3.54. The van der Waals surface area contributed by atoms with Gasteiger partial charge < -0.3 is 4.74 Å². The molecule has 0 spiro atoms. The molecule has 0 bridgehead atoms. The zero-order valence-corrected chi connectivity index (χ0v) is 13.0. The van der Waals surface area contributed by atoms with E-state index in [0.29, 0.717) is 5.30 Å². The number of hydrogen-bond donors (Lipinski definition) is 1. The fourth-order valence-corrected chi connectivity index (χ4v) is 2.91. The van der Waals surface area contributed by atoms with Crippen LogP contribution in [0.5, 0.6) is 0 Å². The Morgan fingerprint density at radius 1 is 1.41 bits per heavy atom. The van der Waals surface area contributed by atoms with Gasteiger partial charge in [0.25, 0.3) is 5.60 Å². The second kappa shape index (κ2) is 5.04. The smallest absolute Gasteiger partial charge is 0.415 e. The van der Waals surface area contributed by atoms with Gasteiger partial charge in [0.05, 0.1) is 5.69 Å². The summed E-state index contributed by atoms with van der Waals surface area (Å²) in [7, 11) is 2.25. The van der Waals surface area contributed by atoms with Gasteiger partial charge in [-0.25, -0.2) is 4.79 Å². The van der Waals surface area contributed by atoms with Crippen LogP contribution in [0, 0.1) is 17.8 Å². The highest BCUT2D eigenvalue weighted by atomic mass is 35.5. The molecule has 1 aromatic carbocycles. The molecule has 2 aliphatic rings. The number of benzene rings is 1. The lowest BCUT2D eigenvalue weighted by molar-refractivity contribution is -0.239. The predicted octanol–water partition coefficient (Wildman–Crippen LogP) is 3.57. The van der Waals surface area contributed by atoms with Crippen molar-refractivity contribution < 1.29 is 22.7 Å². The molecule has 8 heteroatoms.